The van der Waals surface area contributed by atoms with Crippen LogP contribution in [0, 0.1) is 20.8 Å². The zero-order chi connectivity index (χ0) is 21.4. The van der Waals surface area contributed by atoms with Crippen molar-refractivity contribution >= 4 is 11.6 Å². The van der Waals surface area contributed by atoms with Crippen LogP contribution in [0.15, 0.2) is 47.6 Å². The van der Waals surface area contributed by atoms with Crippen molar-refractivity contribution in [1.82, 2.24) is 5.01 Å². The van der Waals surface area contributed by atoms with E-state index < -0.39 is 30.8 Å². The zero-order valence-electron chi connectivity index (χ0n) is 16.2. The average Bonchev–Trinajstić information content (AvgIpc) is 3.02. The van der Waals surface area contributed by atoms with E-state index in [1.165, 1.54) is 0 Å². The fourth-order valence-corrected chi connectivity index (χ4v) is 2.95. The van der Waals surface area contributed by atoms with Crippen molar-refractivity contribution < 1.29 is 27.8 Å². The molecule has 0 aliphatic carbocycles. The molecule has 5 nitrogen and oxygen atoms in total. The van der Waals surface area contributed by atoms with Crippen molar-refractivity contribution in [2.24, 2.45) is 5.10 Å². The van der Waals surface area contributed by atoms with E-state index in [4.69, 9.17) is 4.74 Å². The number of hydrogen-bond donors (Lipinski definition) is 1. The summed E-state index contributed by atoms with van der Waals surface area (Å²) in [6.07, 6.45) is -5.94. The number of amides is 1. The fraction of sp³-hybridized carbons (Fsp3) is 0.333. The molecule has 0 fully saturated rings. The van der Waals surface area contributed by atoms with E-state index in [1.54, 1.807) is 42.5 Å². The van der Waals surface area contributed by atoms with Crippen LogP contribution in [0.1, 0.15) is 28.7 Å². The predicted octanol–water partition coefficient (Wildman–Crippen LogP) is 3.88. The van der Waals surface area contributed by atoms with Crippen LogP contribution in [0.3, 0.4) is 0 Å². The van der Waals surface area contributed by atoms with Gasteiger partial charge in [-0.25, -0.2) is 0 Å². The van der Waals surface area contributed by atoms with Crippen LogP contribution >= 0.6 is 0 Å². The van der Waals surface area contributed by atoms with Gasteiger partial charge in [0.15, 0.2) is 6.61 Å². The highest BCUT2D eigenvalue weighted by Crippen LogP contribution is 2.41. The molecule has 1 aliphatic heterocycles. The van der Waals surface area contributed by atoms with Crippen LogP contribution in [0.2, 0.25) is 0 Å². The third-order valence-corrected chi connectivity index (χ3v) is 4.90. The number of carbonyl (C=O) groups is 1. The lowest BCUT2D eigenvalue weighted by Crippen LogP contribution is -2.57. The monoisotopic (exact) mass is 406 g/mol. The molecule has 0 radical (unpaired) electrons. The highest BCUT2D eigenvalue weighted by atomic mass is 19.4. The summed E-state index contributed by atoms with van der Waals surface area (Å²) in [7, 11) is 0. The summed E-state index contributed by atoms with van der Waals surface area (Å²) < 4.78 is 46.2. The molecule has 1 unspecified atom stereocenters. The summed E-state index contributed by atoms with van der Waals surface area (Å²) in [6.45, 7) is 4.90. The summed E-state index contributed by atoms with van der Waals surface area (Å²) in [5, 5.41) is 14.2. The Morgan fingerprint density at radius 1 is 1.14 bits per heavy atom. The second kappa shape index (κ2) is 7.51. The van der Waals surface area contributed by atoms with E-state index in [-0.39, 0.29) is 10.7 Å². The molecule has 1 heterocycles. The Bertz CT molecular complexity index is 955. The number of nitrogens with zero attached hydrogens (tertiary/aromatic N) is 2. The molecule has 0 spiro atoms. The topological polar surface area (TPSA) is 62.1 Å². The summed E-state index contributed by atoms with van der Waals surface area (Å²) in [4.78, 5) is 12.5. The Kier molecular flexibility index (Phi) is 5.40. The number of aryl methyl sites for hydroxylation is 3. The van der Waals surface area contributed by atoms with E-state index in [2.05, 4.69) is 5.10 Å². The highest BCUT2D eigenvalue weighted by molar-refractivity contribution is 6.03. The lowest BCUT2D eigenvalue weighted by molar-refractivity contribution is -0.302. The number of ether oxygens (including phenoxy) is 1. The van der Waals surface area contributed by atoms with Crippen molar-refractivity contribution in [1.29, 1.82) is 0 Å². The molecule has 0 saturated carbocycles. The quantitative estimate of drug-likeness (QED) is 0.838. The van der Waals surface area contributed by atoms with E-state index in [0.29, 0.717) is 11.3 Å². The first-order valence-corrected chi connectivity index (χ1v) is 8.98. The molecule has 1 aliphatic rings. The van der Waals surface area contributed by atoms with Crippen molar-refractivity contribution in [2.45, 2.75) is 39.1 Å². The molecule has 1 N–H and O–H groups in total. The number of benzene rings is 2. The Hall–Kier alpha value is -2.87. The Balaban J connectivity index is 1.84. The maximum absolute atomic E-state index is 13.6. The number of halogens is 3. The minimum Gasteiger partial charge on any atom is -0.484 e. The van der Waals surface area contributed by atoms with Gasteiger partial charge in [-0.1, -0.05) is 35.9 Å². The third-order valence-electron chi connectivity index (χ3n) is 4.90. The number of hydrazone groups is 1. The predicted molar refractivity (Wildman–Crippen MR) is 102 cm³/mol. The van der Waals surface area contributed by atoms with Gasteiger partial charge in [0.25, 0.3) is 11.6 Å². The summed E-state index contributed by atoms with van der Waals surface area (Å²) in [6, 6.07) is 11.7. The van der Waals surface area contributed by atoms with Crippen LogP contribution < -0.4 is 4.74 Å². The van der Waals surface area contributed by atoms with Gasteiger partial charge in [-0.2, -0.15) is 23.3 Å². The summed E-state index contributed by atoms with van der Waals surface area (Å²) >= 11 is 0. The van der Waals surface area contributed by atoms with Gasteiger partial charge >= 0.3 is 6.18 Å². The molecule has 154 valence electrons. The van der Waals surface area contributed by atoms with Gasteiger partial charge in [-0.3, -0.25) is 4.79 Å². The highest BCUT2D eigenvalue weighted by Gasteiger charge is 2.63. The number of aliphatic hydroxyl groups is 1. The van der Waals surface area contributed by atoms with E-state index in [1.807, 2.05) is 20.8 Å². The van der Waals surface area contributed by atoms with E-state index >= 15 is 0 Å². The molecule has 0 saturated heterocycles. The third kappa shape index (κ3) is 4.12. The normalized spacial score (nSPS) is 19.3. The van der Waals surface area contributed by atoms with Crippen LogP contribution in [0.25, 0.3) is 0 Å². The second-order valence-corrected chi connectivity index (χ2v) is 7.14. The van der Waals surface area contributed by atoms with Crippen LogP contribution in [0.4, 0.5) is 13.2 Å². The number of hydrogen-bond acceptors (Lipinski definition) is 4. The molecule has 2 aromatic carbocycles. The van der Waals surface area contributed by atoms with Gasteiger partial charge in [-0.15, -0.1) is 0 Å². The van der Waals surface area contributed by atoms with Crippen LogP contribution in [-0.2, 0) is 4.79 Å². The molecule has 0 bridgehead atoms. The fourth-order valence-electron chi connectivity index (χ4n) is 2.95. The molecule has 3 rings (SSSR count). The first-order chi connectivity index (χ1) is 13.5. The zero-order valence-corrected chi connectivity index (χ0v) is 16.2. The first-order valence-electron chi connectivity index (χ1n) is 8.98. The molecule has 29 heavy (non-hydrogen) atoms. The number of carbonyl (C=O) groups excluding carboxylic acids is 1. The van der Waals surface area contributed by atoms with Crippen molar-refractivity contribution in [3.8, 4) is 5.75 Å². The van der Waals surface area contributed by atoms with Crippen molar-refractivity contribution in [2.75, 3.05) is 6.61 Å². The molecule has 0 aromatic heterocycles. The Morgan fingerprint density at radius 3 is 2.38 bits per heavy atom. The lowest BCUT2D eigenvalue weighted by atomic mass is 10.00. The lowest BCUT2D eigenvalue weighted by Gasteiger charge is -2.32. The van der Waals surface area contributed by atoms with Crippen molar-refractivity contribution in [3.63, 3.8) is 0 Å². The molecule has 8 heteroatoms. The van der Waals surface area contributed by atoms with Gasteiger partial charge in [0.2, 0.25) is 0 Å². The van der Waals surface area contributed by atoms with Gasteiger partial charge in [0.1, 0.15) is 5.75 Å². The molecular formula is C21H21F3N2O3. The minimum atomic E-state index is -5.08. The molecule has 1 amide bonds. The summed E-state index contributed by atoms with van der Waals surface area (Å²) in [5.74, 6) is -0.746. The minimum absolute atomic E-state index is 0.0237. The average molecular weight is 406 g/mol. The van der Waals surface area contributed by atoms with Gasteiger partial charge in [-0.05, 0) is 49.6 Å². The van der Waals surface area contributed by atoms with E-state index in [9.17, 15) is 23.1 Å². The molecular weight excluding hydrogens is 385 g/mol. The van der Waals surface area contributed by atoms with Gasteiger partial charge in [0, 0.05) is 0 Å². The van der Waals surface area contributed by atoms with Crippen molar-refractivity contribution in [3.05, 3.63) is 64.7 Å². The standard InChI is InChI=1S/C21H21F3N2O3/c1-13-4-7-16(8-5-13)18-11-20(28,21(22,23)24)26(25-18)19(27)12-29-17-9-6-14(2)15(3)10-17/h4-10,28H,11-12H2,1-3H3. The maximum Gasteiger partial charge on any atom is 0.438 e. The maximum atomic E-state index is 13.6. The number of rotatable bonds is 4. The Morgan fingerprint density at radius 2 is 1.79 bits per heavy atom. The SMILES string of the molecule is Cc1ccc(C2=NN(C(=O)COc3ccc(C)c(C)c3)C(O)(C(F)(F)F)C2)cc1. The first kappa shape index (κ1) is 20.9. The smallest absolute Gasteiger partial charge is 0.438 e. The molecule has 2 aromatic rings. The van der Waals surface area contributed by atoms with E-state index in [0.717, 1.165) is 16.7 Å². The van der Waals surface area contributed by atoms with Gasteiger partial charge in [0.05, 0.1) is 12.1 Å². The Labute approximate surface area is 166 Å². The van der Waals surface area contributed by atoms with Gasteiger partial charge < -0.3 is 9.84 Å². The largest absolute Gasteiger partial charge is 0.484 e. The second-order valence-electron chi connectivity index (χ2n) is 7.14. The van der Waals surface area contributed by atoms with Crippen LogP contribution in [-0.4, -0.2) is 40.2 Å². The summed E-state index contributed by atoms with van der Waals surface area (Å²) in [5.41, 5.74) is -0.178. The number of alkyl halides is 3. The van der Waals surface area contributed by atoms with Crippen LogP contribution in [0.5, 0.6) is 5.75 Å². The molecule has 1 atom stereocenters.